The fourth-order valence-corrected chi connectivity index (χ4v) is 20.9. The molecular weight excluding hydrogens is 1870 g/mol. The van der Waals surface area contributed by atoms with E-state index in [1.54, 1.807) is 12.1 Å². The lowest BCUT2D eigenvalue weighted by molar-refractivity contribution is -0.109. The number of aliphatic hydroxyl groups excluding tert-OH is 3. The average Bonchev–Trinajstić information content (AvgIpc) is 1.62. The molecule has 4 aliphatic rings. The van der Waals surface area contributed by atoms with Crippen molar-refractivity contribution < 1.29 is 136 Å². The molecule has 0 radical (unpaired) electrons. The third-order valence-electron chi connectivity index (χ3n) is 19.4. The van der Waals surface area contributed by atoms with Crippen LogP contribution in [0.4, 0.5) is 11.9 Å². The van der Waals surface area contributed by atoms with Gasteiger partial charge in [0.2, 0.25) is 11.9 Å². The normalized spacial score (nSPS) is 23.0. The van der Waals surface area contributed by atoms with Gasteiger partial charge in [-0.15, -0.1) is 0 Å². The highest BCUT2D eigenvalue weighted by Crippen LogP contribution is 2.59. The molecule has 0 aliphatic carbocycles. The summed E-state index contributed by atoms with van der Waals surface area (Å²) in [6.07, 6.45) is -16.4. The number of ether oxygens (including phenoxy) is 4. The second-order valence-electron chi connectivity index (χ2n) is 28.6. The Balaban J connectivity index is 0.911. The molecule has 8 aromatic rings. The maximum Gasteiger partial charge on any atom is 0.475 e. The summed E-state index contributed by atoms with van der Waals surface area (Å²) in [5, 5.41) is 34.2. The number of nitrogens with zero attached hydrogens (tertiary/aromatic N) is 8. The van der Waals surface area contributed by atoms with Crippen LogP contribution in [0.15, 0.2) is 102 Å². The van der Waals surface area contributed by atoms with Gasteiger partial charge in [0.15, 0.2) is 42.8 Å². The molecule has 6 aromatic heterocycles. The first kappa shape index (κ1) is 99.7. The minimum Gasteiger partial charge on any atom is -0.394 e. The summed E-state index contributed by atoms with van der Waals surface area (Å²) in [4.78, 5) is 193. The van der Waals surface area contributed by atoms with Gasteiger partial charge >= 0.3 is 42.7 Å². The van der Waals surface area contributed by atoms with E-state index in [-0.39, 0.29) is 95.4 Å². The summed E-state index contributed by atoms with van der Waals surface area (Å²) in [5.74, 6) is -3.29. The number of amides is 2. The number of fused-ring (bicyclic) bond motifs is 2. The van der Waals surface area contributed by atoms with Crippen molar-refractivity contribution >= 4 is 145 Å². The van der Waals surface area contributed by atoms with E-state index in [0.717, 1.165) is 51.5 Å². The van der Waals surface area contributed by atoms with Crippen LogP contribution in [0.2, 0.25) is 0 Å². The second kappa shape index (κ2) is 44.5. The van der Waals surface area contributed by atoms with E-state index in [2.05, 4.69) is 50.5 Å². The number of benzene rings is 2. The van der Waals surface area contributed by atoms with Crippen molar-refractivity contribution in [3.63, 3.8) is 0 Å². The Morgan fingerprint density at radius 2 is 0.775 bits per heavy atom. The zero-order valence-corrected chi connectivity index (χ0v) is 75.9. The molecule has 0 spiro atoms. The molecule has 4 saturated heterocycles. The van der Waals surface area contributed by atoms with E-state index < -0.39 is 258 Å². The highest BCUT2D eigenvalue weighted by Gasteiger charge is 2.51. The average molecular weight is 1960 g/mol. The van der Waals surface area contributed by atoms with E-state index in [0.29, 0.717) is 23.5 Å². The predicted molar refractivity (Wildman–Crippen MR) is 457 cm³/mol. The van der Waals surface area contributed by atoms with Crippen molar-refractivity contribution in [3.05, 3.63) is 169 Å². The van der Waals surface area contributed by atoms with Gasteiger partial charge < -0.3 is 39.2 Å². The highest BCUT2D eigenvalue weighted by atomic mass is 32.2. The summed E-state index contributed by atoms with van der Waals surface area (Å²) in [7, 11) is -21.2. The summed E-state index contributed by atoms with van der Waals surface area (Å²) in [6, 6.07) is 11.9. The van der Waals surface area contributed by atoms with Crippen molar-refractivity contribution in [2.24, 2.45) is 0 Å². The Hall–Kier alpha value is -8.32. The third kappa shape index (κ3) is 26.2. The highest BCUT2D eigenvalue weighted by molar-refractivity contribution is 8.14. The Morgan fingerprint density at radius 1 is 0.450 bits per heavy atom. The van der Waals surface area contributed by atoms with Gasteiger partial charge in [-0.1, -0.05) is 83.4 Å². The van der Waals surface area contributed by atoms with Gasteiger partial charge in [0.1, 0.15) is 73.7 Å². The number of phosphoric ester groups is 4. The molecule has 49 nitrogen and oxygen atoms in total. The molecule has 129 heavy (non-hydrogen) atoms. The second-order valence-corrected chi connectivity index (χ2v) is 39.9. The van der Waals surface area contributed by atoms with Gasteiger partial charge in [0.05, 0.1) is 78.7 Å². The Labute approximate surface area is 744 Å². The van der Waals surface area contributed by atoms with Crippen LogP contribution in [0.1, 0.15) is 121 Å². The van der Waals surface area contributed by atoms with Crippen LogP contribution in [-0.4, -0.2) is 235 Å². The summed E-state index contributed by atoms with van der Waals surface area (Å²) in [5.41, 5.74) is -6.02. The zero-order chi connectivity index (χ0) is 92.8. The molecule has 10 N–H and O–H groups in total. The Morgan fingerprint density at radius 3 is 1.12 bits per heavy atom. The number of thioether (sulfide) groups is 4. The van der Waals surface area contributed by atoms with Crippen molar-refractivity contribution in [2.75, 3.05) is 86.5 Å². The van der Waals surface area contributed by atoms with Gasteiger partial charge in [-0.2, -0.15) is 9.97 Å². The molecule has 2 amide bonds. The molecule has 700 valence electrons. The lowest BCUT2D eigenvalue weighted by Gasteiger charge is -2.28. The molecule has 10 heterocycles. The molecule has 0 bridgehead atoms. The number of aryl methyl sites for hydroxylation is 2. The van der Waals surface area contributed by atoms with Crippen LogP contribution in [0, 0.1) is 13.8 Å². The number of aromatic nitrogens is 12. The maximum absolute atomic E-state index is 16.2. The monoisotopic (exact) mass is 1960 g/mol. The molecule has 0 saturated carbocycles. The predicted octanol–water partition coefficient (Wildman–Crippen LogP) is 4.80. The number of carbonyl (C=O) groups excluding carboxylic acids is 6. The Kier molecular flexibility index (Phi) is 34.4. The maximum atomic E-state index is 16.2. The van der Waals surface area contributed by atoms with Crippen molar-refractivity contribution in [1.82, 2.24) is 58.1 Å². The standard InChI is InChI=1S/C72H88N14O35P4S4/c1-37-27-83(71(100)81-63(37)94)55-23-47(51(31-89)114-55)119-123(104,108-16-20-127-40(4)91)112-33-53-49(25-57(116-53)85-35-73-59-61(85)75-69(79-67(59)98)77-65(96)45-13-9-7-11-43(45)29-87)121-125(106,110-18-22-129-42(6)93)113-34-54-50(26-58(117-54)86-36-74-60-62(86)76-70(80-68(60)99)78-66(97)46-14-10-8-12-44(46)30-88)120-124(105,109-17-21-128-41(5)92)111-32-52-48(118-122(102,103)107-15-19-126-39(3)90)24-56(115-52)84-28-38(2)64(95)82-72(84)101/h7-14,27-28,35-36,47-58,87-89H,15-26,29-34H2,1-6H3,(H,102,103)(H,81,94,100)(H,82,95,101)(H2,75,77,79,96,98)(H2,76,78,80,97,99)/t47-,48-,49-,50-,51+,52+,53+,54+,55+,56+,57+,58+,123?,124?,125?/m0/s1. The molecule has 12 rings (SSSR count). The van der Waals surface area contributed by atoms with E-state index in [4.69, 9.17) is 68.7 Å². The van der Waals surface area contributed by atoms with Crippen molar-refractivity contribution in [2.45, 2.75) is 154 Å². The smallest absolute Gasteiger partial charge is 0.394 e. The first-order valence-corrected chi connectivity index (χ1v) is 49.0. The number of nitrogens with one attached hydrogen (secondary N) is 6. The molecule has 4 unspecified atom stereocenters. The van der Waals surface area contributed by atoms with Gasteiger partial charge in [0.25, 0.3) is 34.1 Å². The summed E-state index contributed by atoms with van der Waals surface area (Å²) >= 11 is 2.93. The van der Waals surface area contributed by atoms with Crippen LogP contribution in [0.25, 0.3) is 22.3 Å². The summed E-state index contributed by atoms with van der Waals surface area (Å²) < 4.78 is 157. The minimum absolute atomic E-state index is 0.000559. The SMILES string of the molecule is CC(=O)SCCOP(=O)(O)O[C@H]1C[C@H](n2cc(C)c(=O)[nH]c2=O)O[C@@H]1COP(=O)(OCCSC(C)=O)O[C@H]1C[C@H](n2cnc3c(=O)[nH]c(NC(=O)c4ccccc4CO)nc32)O[C@@H]1COP(=O)(OCCSC(C)=O)O[C@H]1C[C@H](n2cnc3c(=O)[nH]c(NC(=O)c4ccccc4CO)nc32)O[C@@H]1COP(=O)(OCCSC(C)=O)O[C@H]1C[C@H](n2cc(C)c(=O)[nH]c2=O)O[C@@H]1CO. The largest absolute Gasteiger partial charge is 0.475 e. The number of H-pyrrole nitrogens is 4. The molecule has 57 heteroatoms. The van der Waals surface area contributed by atoms with Gasteiger partial charge in [0, 0.05) is 111 Å². The number of carbonyl (C=O) groups is 6. The number of hydrogen-bond acceptors (Lipinski definition) is 42. The number of phosphoric acid groups is 4. The number of aromatic amines is 4. The molecule has 4 aliphatic heterocycles. The molecule has 16 atom stereocenters. The van der Waals surface area contributed by atoms with Crippen LogP contribution in [0.5, 0.6) is 0 Å². The number of anilines is 2. The van der Waals surface area contributed by atoms with Gasteiger partial charge in [-0.25, -0.2) is 37.8 Å². The lowest BCUT2D eigenvalue weighted by Crippen LogP contribution is -2.33. The van der Waals surface area contributed by atoms with E-state index in [1.807, 2.05) is 0 Å². The van der Waals surface area contributed by atoms with Crippen LogP contribution in [0.3, 0.4) is 0 Å². The lowest BCUT2D eigenvalue weighted by atomic mass is 10.1. The van der Waals surface area contributed by atoms with Gasteiger partial charge in [-0.05, 0) is 37.1 Å². The third-order valence-corrected chi connectivity index (χ3v) is 28.1. The number of rotatable bonds is 44. The van der Waals surface area contributed by atoms with Gasteiger partial charge in [-0.3, -0.25) is 147 Å². The van der Waals surface area contributed by atoms with E-state index in [1.165, 1.54) is 93.3 Å². The van der Waals surface area contributed by atoms with E-state index in [9.17, 15) is 82.3 Å². The summed E-state index contributed by atoms with van der Waals surface area (Å²) in [6.45, 7) is 0.386. The quantitative estimate of drug-likeness (QED) is 0.0181. The minimum atomic E-state index is -5.47. The Bertz CT molecular complexity index is 6050. The van der Waals surface area contributed by atoms with Crippen molar-refractivity contribution in [3.8, 4) is 0 Å². The topological polar surface area (TPSA) is 651 Å². The number of hydrogen-bond donors (Lipinski definition) is 10. The van der Waals surface area contributed by atoms with E-state index >= 15 is 13.7 Å². The zero-order valence-electron chi connectivity index (χ0n) is 69.0. The van der Waals surface area contributed by atoms with Crippen molar-refractivity contribution in [1.29, 1.82) is 0 Å². The van der Waals surface area contributed by atoms with Crippen LogP contribution in [-0.2, 0) is 119 Å². The molecule has 2 aromatic carbocycles. The fourth-order valence-electron chi connectivity index (χ4n) is 13.5. The first-order valence-electron chi connectivity index (χ1n) is 39.1. The number of imidazole rings is 2. The molecule has 4 fully saturated rings. The van der Waals surface area contributed by atoms with Crippen LogP contribution < -0.4 is 44.3 Å². The molecular formula is C72H88N14O35P4S4. The van der Waals surface area contributed by atoms with Crippen LogP contribution >= 0.6 is 78.3 Å². The first-order chi connectivity index (χ1) is 61.4. The fraction of sp³-hybridized carbons (Fsp3) is 0.500. The number of aliphatic hydroxyl groups is 3.